The summed E-state index contributed by atoms with van der Waals surface area (Å²) < 4.78 is 2.17. The van der Waals surface area contributed by atoms with Gasteiger partial charge in [-0.05, 0) is 61.1 Å². The summed E-state index contributed by atoms with van der Waals surface area (Å²) in [6, 6.07) is 10.6. The quantitative estimate of drug-likeness (QED) is 0.806. The van der Waals surface area contributed by atoms with E-state index in [-0.39, 0.29) is 11.7 Å². The number of carbonyl (C=O) groups excluding carboxylic acids is 1. The van der Waals surface area contributed by atoms with E-state index in [0.717, 1.165) is 29.1 Å². The Balaban J connectivity index is 1.75. The van der Waals surface area contributed by atoms with Crippen LogP contribution in [0.4, 0.5) is 0 Å². The zero-order valence-electron chi connectivity index (χ0n) is 15.5. The maximum atomic E-state index is 12.4. The summed E-state index contributed by atoms with van der Waals surface area (Å²) in [5, 5.41) is 10.8. The first kappa shape index (κ1) is 17.5. The van der Waals surface area contributed by atoms with Crippen LogP contribution in [0.1, 0.15) is 29.4 Å². The Morgan fingerprint density at radius 2 is 1.96 bits per heavy atom. The normalized spacial score (nSPS) is 17.7. The Morgan fingerprint density at radius 3 is 2.67 bits per heavy atom. The number of aliphatic imine (C=N–C) groups is 1. The number of carbonyl (C=O) groups is 1. The summed E-state index contributed by atoms with van der Waals surface area (Å²) in [5.41, 5.74) is 5.75. The van der Waals surface area contributed by atoms with Crippen LogP contribution >= 0.6 is 11.8 Å². The van der Waals surface area contributed by atoms with E-state index in [9.17, 15) is 4.79 Å². The third-order valence-corrected chi connectivity index (χ3v) is 5.64. The van der Waals surface area contributed by atoms with Crippen molar-refractivity contribution in [3.05, 3.63) is 70.0 Å². The standard InChI is InChI=1S/C21H20N4OS/c1-4-15-5-7-17(8-6-15)25-13(2)11-16(14(25)3)12-18-19(22)24-9-10-27-21(24)23-20(18)26/h5-12,22H,4H2,1-3H3. The largest absolute Gasteiger partial charge is 0.318 e. The number of nitrogens with zero attached hydrogens (tertiary/aromatic N) is 3. The minimum absolute atomic E-state index is 0.170. The fraction of sp³-hybridized carbons (Fsp3) is 0.190. The maximum absolute atomic E-state index is 12.4. The van der Waals surface area contributed by atoms with Crippen molar-refractivity contribution in [1.82, 2.24) is 9.47 Å². The van der Waals surface area contributed by atoms with Gasteiger partial charge in [0.05, 0.1) is 5.57 Å². The van der Waals surface area contributed by atoms with Crippen LogP contribution in [-0.2, 0) is 11.2 Å². The number of rotatable bonds is 3. The summed E-state index contributed by atoms with van der Waals surface area (Å²) in [6.07, 6.45) is 4.56. The first-order chi connectivity index (χ1) is 13.0. The molecular weight excluding hydrogens is 356 g/mol. The van der Waals surface area contributed by atoms with Gasteiger partial charge in [0.25, 0.3) is 5.91 Å². The molecule has 3 heterocycles. The summed E-state index contributed by atoms with van der Waals surface area (Å²) >= 11 is 1.35. The van der Waals surface area contributed by atoms with Crippen molar-refractivity contribution < 1.29 is 4.79 Å². The third-order valence-electron chi connectivity index (χ3n) is 4.89. The van der Waals surface area contributed by atoms with Gasteiger partial charge in [-0.2, -0.15) is 4.99 Å². The smallest absolute Gasteiger partial charge is 0.283 e. The molecule has 0 unspecified atom stereocenters. The Labute approximate surface area is 162 Å². The number of hydrogen-bond acceptors (Lipinski definition) is 3. The summed E-state index contributed by atoms with van der Waals surface area (Å²) in [6.45, 7) is 6.22. The van der Waals surface area contributed by atoms with E-state index in [0.29, 0.717) is 10.7 Å². The van der Waals surface area contributed by atoms with Gasteiger partial charge >= 0.3 is 0 Å². The monoisotopic (exact) mass is 376 g/mol. The van der Waals surface area contributed by atoms with Gasteiger partial charge in [-0.1, -0.05) is 30.8 Å². The molecule has 0 aliphatic carbocycles. The van der Waals surface area contributed by atoms with Crippen LogP contribution in [0.5, 0.6) is 0 Å². The SMILES string of the molecule is CCc1ccc(-n2c(C)cc(C=C3C(=N)N4C=CSC4=NC3=O)c2C)cc1. The summed E-state index contributed by atoms with van der Waals surface area (Å²) in [7, 11) is 0. The molecular formula is C21H20N4OS. The number of hydrogen-bond donors (Lipinski definition) is 1. The zero-order valence-corrected chi connectivity index (χ0v) is 16.3. The molecule has 0 atom stereocenters. The number of aromatic nitrogens is 1. The summed E-state index contributed by atoms with van der Waals surface area (Å²) in [4.78, 5) is 18.2. The van der Waals surface area contributed by atoms with Gasteiger partial charge in [0.15, 0.2) is 5.17 Å². The van der Waals surface area contributed by atoms with Crippen LogP contribution in [-0.4, -0.2) is 26.4 Å². The fourth-order valence-corrected chi connectivity index (χ4v) is 4.10. The number of thioether (sulfide) groups is 1. The van der Waals surface area contributed by atoms with E-state index in [1.165, 1.54) is 17.3 Å². The zero-order chi connectivity index (χ0) is 19.1. The molecule has 0 bridgehead atoms. The first-order valence-electron chi connectivity index (χ1n) is 8.84. The van der Waals surface area contributed by atoms with Crippen molar-refractivity contribution in [2.24, 2.45) is 4.99 Å². The van der Waals surface area contributed by atoms with Crippen molar-refractivity contribution in [3.63, 3.8) is 0 Å². The van der Waals surface area contributed by atoms with Gasteiger partial charge in [0.1, 0.15) is 5.84 Å². The molecule has 2 aliphatic heterocycles. The van der Waals surface area contributed by atoms with Crippen LogP contribution in [0.15, 0.2) is 52.5 Å². The van der Waals surface area contributed by atoms with Gasteiger partial charge in [-0.3, -0.25) is 15.1 Å². The lowest BCUT2D eigenvalue weighted by Crippen LogP contribution is -2.35. The van der Waals surface area contributed by atoms with Crippen LogP contribution in [0.2, 0.25) is 0 Å². The lowest BCUT2D eigenvalue weighted by atomic mass is 10.1. The third kappa shape index (κ3) is 2.96. The second-order valence-corrected chi connectivity index (χ2v) is 7.43. The van der Waals surface area contributed by atoms with E-state index in [2.05, 4.69) is 40.7 Å². The van der Waals surface area contributed by atoms with Crippen molar-refractivity contribution >= 4 is 34.7 Å². The highest BCUT2D eigenvalue weighted by molar-refractivity contribution is 8.16. The van der Waals surface area contributed by atoms with Crippen molar-refractivity contribution in [1.29, 1.82) is 5.41 Å². The molecule has 1 aromatic carbocycles. The molecule has 0 saturated heterocycles. The maximum Gasteiger partial charge on any atom is 0.283 e. The Kier molecular flexibility index (Phi) is 4.36. The molecule has 4 rings (SSSR count). The van der Waals surface area contributed by atoms with Crippen molar-refractivity contribution in [3.8, 4) is 5.69 Å². The van der Waals surface area contributed by atoms with Gasteiger partial charge in [-0.15, -0.1) is 0 Å². The van der Waals surface area contributed by atoms with E-state index in [1.54, 1.807) is 17.2 Å². The van der Waals surface area contributed by atoms with E-state index in [4.69, 9.17) is 5.41 Å². The second kappa shape index (κ2) is 6.70. The second-order valence-electron chi connectivity index (χ2n) is 6.56. The molecule has 0 radical (unpaired) electrons. The Bertz CT molecular complexity index is 1040. The van der Waals surface area contributed by atoms with Crippen molar-refractivity contribution in [2.75, 3.05) is 0 Å². The predicted octanol–water partition coefficient (Wildman–Crippen LogP) is 4.43. The van der Waals surface area contributed by atoms with Crippen LogP contribution in [0, 0.1) is 19.3 Å². The van der Waals surface area contributed by atoms with Gasteiger partial charge in [0, 0.05) is 23.3 Å². The first-order valence-corrected chi connectivity index (χ1v) is 9.72. The minimum atomic E-state index is -0.362. The molecule has 0 spiro atoms. The molecule has 0 saturated carbocycles. The van der Waals surface area contributed by atoms with E-state index in [1.807, 2.05) is 25.3 Å². The van der Waals surface area contributed by atoms with E-state index >= 15 is 0 Å². The molecule has 1 amide bonds. The van der Waals surface area contributed by atoms with Gasteiger partial charge in [0.2, 0.25) is 0 Å². The fourth-order valence-electron chi connectivity index (χ4n) is 3.40. The number of nitrogens with one attached hydrogen (secondary N) is 1. The molecule has 1 aromatic heterocycles. The lowest BCUT2D eigenvalue weighted by molar-refractivity contribution is -0.114. The number of amides is 1. The molecule has 2 aliphatic rings. The van der Waals surface area contributed by atoms with Crippen LogP contribution in [0.25, 0.3) is 11.8 Å². The molecule has 5 nitrogen and oxygen atoms in total. The molecule has 0 fully saturated rings. The topological polar surface area (TPSA) is 61.5 Å². The number of aryl methyl sites for hydroxylation is 2. The van der Waals surface area contributed by atoms with Gasteiger partial charge < -0.3 is 4.57 Å². The number of amidine groups is 2. The lowest BCUT2D eigenvalue weighted by Gasteiger charge is -2.22. The Hall–Kier alpha value is -2.86. The highest BCUT2D eigenvalue weighted by Crippen LogP contribution is 2.29. The molecule has 2 aromatic rings. The average Bonchev–Trinajstić information content (AvgIpc) is 3.23. The molecule has 6 heteroatoms. The predicted molar refractivity (Wildman–Crippen MR) is 111 cm³/mol. The van der Waals surface area contributed by atoms with Crippen LogP contribution in [0.3, 0.4) is 0 Å². The summed E-state index contributed by atoms with van der Waals surface area (Å²) in [5.74, 6) is -0.192. The van der Waals surface area contributed by atoms with Gasteiger partial charge in [-0.25, -0.2) is 0 Å². The Morgan fingerprint density at radius 1 is 1.22 bits per heavy atom. The number of benzene rings is 1. The molecule has 136 valence electrons. The minimum Gasteiger partial charge on any atom is -0.318 e. The molecule has 1 N–H and O–H groups in total. The average molecular weight is 376 g/mol. The van der Waals surface area contributed by atoms with E-state index < -0.39 is 0 Å². The molecule has 27 heavy (non-hydrogen) atoms. The number of fused-ring (bicyclic) bond motifs is 1. The highest BCUT2D eigenvalue weighted by Gasteiger charge is 2.31. The van der Waals surface area contributed by atoms with Crippen molar-refractivity contribution in [2.45, 2.75) is 27.2 Å². The van der Waals surface area contributed by atoms with Crippen LogP contribution < -0.4 is 0 Å². The highest BCUT2D eigenvalue weighted by atomic mass is 32.2.